The van der Waals surface area contributed by atoms with E-state index in [4.69, 9.17) is 17.0 Å². The average molecular weight is 312 g/mol. The highest BCUT2D eigenvalue weighted by molar-refractivity contribution is 7.80. The average Bonchev–Trinajstić information content (AvgIpc) is 2.49. The van der Waals surface area contributed by atoms with Crippen LogP contribution < -0.4 is 4.74 Å². The molecule has 0 aromatic heterocycles. The van der Waals surface area contributed by atoms with Gasteiger partial charge in [-0.05, 0) is 25.5 Å². The first-order valence-corrected chi connectivity index (χ1v) is 7.81. The molecule has 0 aliphatic rings. The minimum atomic E-state index is 0.0628. The smallest absolute Gasteiger partial charge is 0.167 e. The SMILES string of the molecule is CC(C)Oc1ccccc1CC(=S)CC(=O)c1ccccc1. The first kappa shape index (κ1) is 16.4. The van der Waals surface area contributed by atoms with Crippen molar-refractivity contribution in [2.75, 3.05) is 0 Å². The topological polar surface area (TPSA) is 26.3 Å². The normalized spacial score (nSPS) is 10.5. The summed E-state index contributed by atoms with van der Waals surface area (Å²) in [5, 5.41) is 0. The van der Waals surface area contributed by atoms with Crippen LogP contribution in [0.15, 0.2) is 54.6 Å². The molecular weight excluding hydrogens is 292 g/mol. The van der Waals surface area contributed by atoms with Crippen LogP contribution in [0.2, 0.25) is 0 Å². The quantitative estimate of drug-likeness (QED) is 0.549. The molecule has 0 atom stereocenters. The molecule has 0 aliphatic carbocycles. The van der Waals surface area contributed by atoms with Gasteiger partial charge in [0.1, 0.15) is 5.75 Å². The molecule has 2 aromatic rings. The molecule has 0 fully saturated rings. The molecule has 2 aromatic carbocycles. The number of ketones is 1. The van der Waals surface area contributed by atoms with Crippen LogP contribution in [0.4, 0.5) is 0 Å². The number of benzene rings is 2. The second-order valence-electron chi connectivity index (χ2n) is 5.46. The van der Waals surface area contributed by atoms with Gasteiger partial charge in [-0.15, -0.1) is 0 Å². The van der Waals surface area contributed by atoms with Crippen molar-refractivity contribution in [2.24, 2.45) is 0 Å². The highest BCUT2D eigenvalue weighted by atomic mass is 32.1. The van der Waals surface area contributed by atoms with Gasteiger partial charge < -0.3 is 4.74 Å². The van der Waals surface area contributed by atoms with Crippen molar-refractivity contribution in [3.8, 4) is 5.75 Å². The Hall–Kier alpha value is -2.00. The Morgan fingerprint density at radius 3 is 2.36 bits per heavy atom. The van der Waals surface area contributed by atoms with Crippen molar-refractivity contribution >= 4 is 22.9 Å². The van der Waals surface area contributed by atoms with Crippen molar-refractivity contribution < 1.29 is 9.53 Å². The van der Waals surface area contributed by atoms with E-state index in [0.29, 0.717) is 12.0 Å². The Bertz CT molecular complexity index is 647. The monoisotopic (exact) mass is 312 g/mol. The van der Waals surface area contributed by atoms with Gasteiger partial charge in [-0.1, -0.05) is 60.7 Å². The van der Waals surface area contributed by atoms with Crippen LogP contribution in [0.25, 0.3) is 0 Å². The Kier molecular flexibility index (Phi) is 5.84. The number of rotatable bonds is 7. The van der Waals surface area contributed by atoms with E-state index in [9.17, 15) is 4.79 Å². The zero-order valence-electron chi connectivity index (χ0n) is 12.9. The van der Waals surface area contributed by atoms with E-state index in [1.165, 1.54) is 0 Å². The summed E-state index contributed by atoms with van der Waals surface area (Å²) < 4.78 is 5.79. The molecule has 0 N–H and O–H groups in total. The second kappa shape index (κ2) is 7.85. The highest BCUT2D eigenvalue weighted by Crippen LogP contribution is 2.21. The van der Waals surface area contributed by atoms with Crippen molar-refractivity contribution in [3.63, 3.8) is 0 Å². The maximum Gasteiger partial charge on any atom is 0.167 e. The minimum Gasteiger partial charge on any atom is -0.491 e. The molecule has 0 saturated heterocycles. The third-order valence-electron chi connectivity index (χ3n) is 3.18. The van der Waals surface area contributed by atoms with Gasteiger partial charge in [-0.25, -0.2) is 0 Å². The number of carbonyl (C=O) groups excluding carboxylic acids is 1. The predicted molar refractivity (Wildman–Crippen MR) is 93.9 cm³/mol. The summed E-state index contributed by atoms with van der Waals surface area (Å²) in [4.78, 5) is 12.9. The lowest BCUT2D eigenvalue weighted by atomic mass is 10.0. The van der Waals surface area contributed by atoms with E-state index in [0.717, 1.165) is 16.2 Å². The van der Waals surface area contributed by atoms with Gasteiger partial charge in [0, 0.05) is 23.3 Å². The van der Waals surface area contributed by atoms with E-state index in [1.54, 1.807) is 0 Å². The number of ether oxygens (including phenoxy) is 1. The lowest BCUT2D eigenvalue weighted by Gasteiger charge is -2.14. The summed E-state index contributed by atoms with van der Waals surface area (Å²) in [5.74, 6) is 0.903. The molecule has 0 radical (unpaired) electrons. The molecule has 22 heavy (non-hydrogen) atoms. The van der Waals surface area contributed by atoms with Crippen LogP contribution in [-0.4, -0.2) is 16.8 Å². The highest BCUT2D eigenvalue weighted by Gasteiger charge is 2.12. The number of carbonyl (C=O) groups is 1. The van der Waals surface area contributed by atoms with Gasteiger partial charge in [-0.2, -0.15) is 0 Å². The number of para-hydroxylation sites is 1. The lowest BCUT2D eigenvalue weighted by molar-refractivity contribution is 0.100. The molecule has 2 rings (SSSR count). The fourth-order valence-electron chi connectivity index (χ4n) is 2.20. The molecule has 0 saturated carbocycles. The second-order valence-corrected chi connectivity index (χ2v) is 6.03. The van der Waals surface area contributed by atoms with Gasteiger partial charge in [0.25, 0.3) is 0 Å². The van der Waals surface area contributed by atoms with E-state index >= 15 is 0 Å². The Labute approximate surface area is 137 Å². The van der Waals surface area contributed by atoms with Crippen molar-refractivity contribution in [2.45, 2.75) is 32.8 Å². The Balaban J connectivity index is 2.02. The van der Waals surface area contributed by atoms with Gasteiger partial charge in [0.2, 0.25) is 0 Å². The van der Waals surface area contributed by atoms with Crippen molar-refractivity contribution in [3.05, 3.63) is 65.7 Å². The molecular formula is C19H20O2S. The lowest BCUT2D eigenvalue weighted by Crippen LogP contribution is -2.11. The van der Waals surface area contributed by atoms with E-state index in [1.807, 2.05) is 68.4 Å². The molecule has 0 aliphatic heterocycles. The van der Waals surface area contributed by atoms with E-state index < -0.39 is 0 Å². The predicted octanol–water partition coefficient (Wildman–Crippen LogP) is 4.66. The number of Topliss-reactive ketones (excluding diaryl/α,β-unsaturated/α-hetero) is 1. The van der Waals surface area contributed by atoms with Gasteiger partial charge in [0.05, 0.1) is 6.10 Å². The first-order valence-electron chi connectivity index (χ1n) is 7.41. The number of hydrogen-bond acceptors (Lipinski definition) is 3. The van der Waals surface area contributed by atoms with Crippen LogP contribution in [0.5, 0.6) is 5.75 Å². The van der Waals surface area contributed by atoms with Crippen molar-refractivity contribution in [1.82, 2.24) is 0 Å². The zero-order valence-corrected chi connectivity index (χ0v) is 13.7. The van der Waals surface area contributed by atoms with Crippen LogP contribution in [0, 0.1) is 0 Å². The molecule has 0 spiro atoms. The number of hydrogen-bond donors (Lipinski definition) is 0. The van der Waals surface area contributed by atoms with Crippen molar-refractivity contribution in [1.29, 1.82) is 0 Å². The maximum absolute atomic E-state index is 12.2. The molecule has 0 unspecified atom stereocenters. The van der Waals surface area contributed by atoms with Gasteiger partial charge in [0.15, 0.2) is 5.78 Å². The largest absolute Gasteiger partial charge is 0.491 e. The summed E-state index contributed by atoms with van der Waals surface area (Å²) in [5.41, 5.74) is 1.73. The van der Waals surface area contributed by atoms with E-state index in [-0.39, 0.29) is 18.3 Å². The fourth-order valence-corrected chi connectivity index (χ4v) is 2.49. The molecule has 3 heteroatoms. The number of thiocarbonyl (C=S) groups is 1. The van der Waals surface area contributed by atoms with E-state index in [2.05, 4.69) is 0 Å². The van der Waals surface area contributed by atoms with Gasteiger partial charge in [-0.3, -0.25) is 4.79 Å². The first-order chi connectivity index (χ1) is 10.6. The summed E-state index contributed by atoms with van der Waals surface area (Å²) >= 11 is 5.41. The third-order valence-corrected chi connectivity index (χ3v) is 3.47. The standard InChI is InChI=1S/C19H20O2S/c1-14(2)21-19-11-7-6-10-16(19)12-17(22)13-18(20)15-8-4-3-5-9-15/h3-11,14H,12-13H2,1-2H3. The van der Waals surface area contributed by atoms with Crippen LogP contribution in [-0.2, 0) is 6.42 Å². The Morgan fingerprint density at radius 1 is 1.05 bits per heavy atom. The summed E-state index contributed by atoms with van der Waals surface area (Å²) in [6.45, 7) is 3.99. The summed E-state index contributed by atoms with van der Waals surface area (Å²) in [6, 6.07) is 17.1. The summed E-state index contributed by atoms with van der Waals surface area (Å²) in [6.07, 6.45) is 0.979. The molecule has 114 valence electrons. The minimum absolute atomic E-state index is 0.0628. The molecule has 0 bridgehead atoms. The fraction of sp³-hybridized carbons (Fsp3) is 0.263. The summed E-state index contributed by atoms with van der Waals surface area (Å²) in [7, 11) is 0. The van der Waals surface area contributed by atoms with Gasteiger partial charge >= 0.3 is 0 Å². The van der Waals surface area contributed by atoms with Crippen LogP contribution in [0.1, 0.15) is 36.2 Å². The molecule has 2 nitrogen and oxygen atoms in total. The zero-order chi connectivity index (χ0) is 15.9. The maximum atomic E-state index is 12.2. The molecule has 0 amide bonds. The third kappa shape index (κ3) is 4.78. The Morgan fingerprint density at radius 2 is 1.68 bits per heavy atom. The molecule has 0 heterocycles. The van der Waals surface area contributed by atoms with Crippen LogP contribution >= 0.6 is 12.2 Å². The van der Waals surface area contributed by atoms with Crippen LogP contribution in [0.3, 0.4) is 0 Å².